The fourth-order valence-corrected chi connectivity index (χ4v) is 8.51. The van der Waals surface area contributed by atoms with Crippen LogP contribution in [0.3, 0.4) is 0 Å². The van der Waals surface area contributed by atoms with Crippen molar-refractivity contribution in [2.45, 2.75) is 91.0 Å². The van der Waals surface area contributed by atoms with E-state index in [1.165, 1.54) is 0 Å². The van der Waals surface area contributed by atoms with E-state index in [1.807, 2.05) is 81.3 Å². The third-order valence-electron chi connectivity index (χ3n) is 12.5. The highest BCUT2D eigenvalue weighted by Gasteiger charge is 2.34. The van der Waals surface area contributed by atoms with E-state index in [0.717, 1.165) is 77.5 Å². The summed E-state index contributed by atoms with van der Waals surface area (Å²) in [6.45, 7) is 13.8. The zero-order chi connectivity index (χ0) is 39.6. The summed E-state index contributed by atoms with van der Waals surface area (Å²) in [4.78, 5) is 65.6. The number of aromatic amines is 1. The molecule has 13 heteroatoms. The molecule has 56 heavy (non-hydrogen) atoms. The molecular weight excluding hydrogens is 709 g/mol. The lowest BCUT2D eigenvalue weighted by Gasteiger charge is -2.43. The van der Waals surface area contributed by atoms with Crippen LogP contribution < -0.4 is 10.9 Å². The van der Waals surface area contributed by atoms with Crippen LogP contribution in [0.1, 0.15) is 75.5 Å². The number of aryl methyl sites for hydroxylation is 1. The molecule has 4 aromatic rings. The maximum Gasteiger partial charge on any atom is 0.318 e. The third kappa shape index (κ3) is 8.78. The Morgan fingerprint density at radius 3 is 2.36 bits per heavy atom. The number of ether oxygens (including phenoxy) is 1. The van der Waals surface area contributed by atoms with Crippen LogP contribution in [0.15, 0.2) is 53.5 Å². The van der Waals surface area contributed by atoms with Gasteiger partial charge in [0.05, 0.1) is 10.9 Å². The average molecular weight is 767 g/mol. The number of fused-ring (bicyclic) bond motifs is 2. The molecule has 2 aromatic heterocycles. The smallest absolute Gasteiger partial charge is 0.318 e. The quantitative estimate of drug-likeness (QED) is 0.219. The second kappa shape index (κ2) is 16.8. The van der Waals surface area contributed by atoms with Crippen LogP contribution in [0, 0.1) is 12.3 Å². The summed E-state index contributed by atoms with van der Waals surface area (Å²) in [6.07, 6.45) is 6.48. The van der Waals surface area contributed by atoms with E-state index in [2.05, 4.69) is 32.2 Å². The second-order valence-electron chi connectivity index (χ2n) is 16.8. The zero-order valence-electron chi connectivity index (χ0n) is 33.7. The van der Waals surface area contributed by atoms with Crippen LogP contribution >= 0.6 is 0 Å². The molecular formula is C43H58N8O5. The molecule has 0 bridgehead atoms. The van der Waals surface area contributed by atoms with Gasteiger partial charge in [-0.15, -0.1) is 0 Å². The van der Waals surface area contributed by atoms with Crippen molar-refractivity contribution < 1.29 is 19.1 Å². The van der Waals surface area contributed by atoms with E-state index in [0.29, 0.717) is 57.9 Å². The normalized spacial score (nSPS) is 18.7. The Morgan fingerprint density at radius 1 is 0.929 bits per heavy atom. The monoisotopic (exact) mass is 766 g/mol. The standard InChI is InChI=1S/C43H58N8O5/c1-6-43(3,4)41(54)56-28-51-27-33-24-30(23-29(2)38(33)46-51)25-37(40(53)49-21-19-48(20-22-49)34-13-15-47(5)16-14-34)45-42(55)50-17-11-31(12-18-50)35-26-32-9-7-8-10-36(32)44-39(35)52/h7-10,23-24,26-27,31,34,37H,6,11-22,25,28H2,1-5H3,(H,44,52)(H,45,55). The summed E-state index contributed by atoms with van der Waals surface area (Å²) in [5.41, 5.74) is 3.57. The number of para-hydroxylation sites is 1. The number of nitrogens with one attached hydrogen (secondary N) is 2. The molecule has 300 valence electrons. The Bertz CT molecular complexity index is 2100. The lowest BCUT2D eigenvalue weighted by molar-refractivity contribution is -0.158. The summed E-state index contributed by atoms with van der Waals surface area (Å²) in [5, 5.41) is 9.72. The molecule has 0 saturated carbocycles. The first kappa shape index (κ1) is 39.5. The number of amides is 3. The lowest BCUT2D eigenvalue weighted by atomic mass is 9.89. The number of piperidine rings is 2. The lowest BCUT2D eigenvalue weighted by Crippen LogP contribution is -2.59. The molecule has 5 heterocycles. The van der Waals surface area contributed by atoms with Crippen LogP contribution in [-0.2, 0) is 27.5 Å². The van der Waals surface area contributed by atoms with Gasteiger partial charge in [-0.2, -0.15) is 5.10 Å². The summed E-state index contributed by atoms with van der Waals surface area (Å²) < 4.78 is 7.22. The predicted octanol–water partition coefficient (Wildman–Crippen LogP) is 4.86. The van der Waals surface area contributed by atoms with Crippen molar-refractivity contribution >= 4 is 39.7 Å². The van der Waals surface area contributed by atoms with Crippen molar-refractivity contribution in [3.05, 3.63) is 75.7 Å². The van der Waals surface area contributed by atoms with Gasteiger partial charge < -0.3 is 29.7 Å². The van der Waals surface area contributed by atoms with Gasteiger partial charge in [0, 0.05) is 74.4 Å². The van der Waals surface area contributed by atoms with E-state index < -0.39 is 11.5 Å². The number of pyridine rings is 1. The number of H-pyrrole nitrogens is 1. The predicted molar refractivity (Wildman–Crippen MR) is 217 cm³/mol. The number of rotatable bonds is 10. The molecule has 3 aliphatic rings. The van der Waals surface area contributed by atoms with Gasteiger partial charge in [0.1, 0.15) is 6.04 Å². The van der Waals surface area contributed by atoms with Crippen molar-refractivity contribution in [3.63, 3.8) is 0 Å². The first-order valence-electron chi connectivity index (χ1n) is 20.4. The number of benzene rings is 2. The Balaban J connectivity index is 1.05. The summed E-state index contributed by atoms with van der Waals surface area (Å²) in [7, 11) is 2.17. The number of aromatic nitrogens is 3. The maximum atomic E-state index is 14.4. The van der Waals surface area contributed by atoms with E-state index in [9.17, 15) is 19.2 Å². The minimum atomic E-state index is -0.762. The number of piperazine rings is 1. The van der Waals surface area contributed by atoms with Crippen LogP contribution in [0.5, 0.6) is 0 Å². The minimum absolute atomic E-state index is 0.0123. The molecule has 0 aliphatic carbocycles. The van der Waals surface area contributed by atoms with Gasteiger partial charge in [-0.25, -0.2) is 9.48 Å². The summed E-state index contributed by atoms with van der Waals surface area (Å²) >= 11 is 0. The van der Waals surface area contributed by atoms with E-state index in [4.69, 9.17) is 4.74 Å². The van der Waals surface area contributed by atoms with Gasteiger partial charge in [-0.3, -0.25) is 19.3 Å². The average Bonchev–Trinajstić information content (AvgIpc) is 3.63. The molecule has 13 nitrogen and oxygen atoms in total. The summed E-state index contributed by atoms with van der Waals surface area (Å²) in [5.74, 6) is -0.298. The van der Waals surface area contributed by atoms with Gasteiger partial charge in [-0.05, 0) is 114 Å². The van der Waals surface area contributed by atoms with Gasteiger partial charge in [0.2, 0.25) is 5.91 Å². The molecule has 2 N–H and O–H groups in total. The number of urea groups is 1. The SMILES string of the molecule is CCC(C)(C)C(=O)OCn1cc2cc(CC(NC(=O)N3CCC(c4cc5ccccc5[nH]c4=O)CC3)C(=O)N3CCN(C4CCN(C)CC4)CC3)cc(C)c2n1. The van der Waals surface area contributed by atoms with Gasteiger partial charge >= 0.3 is 12.0 Å². The number of likely N-dealkylation sites (tertiary alicyclic amines) is 2. The fraction of sp³-hybridized carbons (Fsp3) is 0.558. The van der Waals surface area contributed by atoms with Crippen LogP contribution in [0.2, 0.25) is 0 Å². The molecule has 3 saturated heterocycles. The number of carbonyl (C=O) groups is 3. The molecule has 3 aliphatic heterocycles. The largest absolute Gasteiger partial charge is 0.442 e. The van der Waals surface area contributed by atoms with E-state index in [-0.39, 0.29) is 36.1 Å². The summed E-state index contributed by atoms with van der Waals surface area (Å²) in [6, 6.07) is 13.3. The van der Waals surface area contributed by atoms with Crippen LogP contribution in [-0.4, -0.2) is 124 Å². The van der Waals surface area contributed by atoms with E-state index >= 15 is 0 Å². The van der Waals surface area contributed by atoms with Crippen molar-refractivity contribution in [3.8, 4) is 0 Å². The maximum absolute atomic E-state index is 14.4. The topological polar surface area (TPSA) is 136 Å². The van der Waals surface area contributed by atoms with E-state index in [1.54, 1.807) is 9.58 Å². The molecule has 1 atom stereocenters. The Morgan fingerprint density at radius 2 is 1.64 bits per heavy atom. The van der Waals surface area contributed by atoms with Crippen molar-refractivity contribution in [1.29, 1.82) is 0 Å². The van der Waals surface area contributed by atoms with Crippen molar-refractivity contribution in [2.24, 2.45) is 5.41 Å². The Labute approximate surface area is 329 Å². The van der Waals surface area contributed by atoms with Crippen LogP contribution in [0.4, 0.5) is 4.79 Å². The highest BCUT2D eigenvalue weighted by atomic mass is 16.5. The van der Waals surface area contributed by atoms with Crippen molar-refractivity contribution in [2.75, 3.05) is 59.4 Å². The minimum Gasteiger partial charge on any atom is -0.442 e. The first-order chi connectivity index (χ1) is 26.9. The molecule has 2 aromatic carbocycles. The van der Waals surface area contributed by atoms with Gasteiger partial charge in [0.25, 0.3) is 5.56 Å². The molecule has 3 amide bonds. The third-order valence-corrected chi connectivity index (χ3v) is 12.5. The number of esters is 1. The van der Waals surface area contributed by atoms with Gasteiger partial charge in [0.15, 0.2) is 6.73 Å². The molecule has 0 radical (unpaired) electrons. The highest BCUT2D eigenvalue weighted by molar-refractivity contribution is 5.88. The Hall–Kier alpha value is -4.75. The van der Waals surface area contributed by atoms with Crippen LogP contribution in [0.25, 0.3) is 21.8 Å². The molecule has 3 fully saturated rings. The highest BCUT2D eigenvalue weighted by Crippen LogP contribution is 2.28. The first-order valence-corrected chi connectivity index (χ1v) is 20.4. The Kier molecular flexibility index (Phi) is 11.8. The van der Waals surface area contributed by atoms with Gasteiger partial charge in [-0.1, -0.05) is 31.2 Å². The number of hydrogen-bond donors (Lipinski definition) is 2. The second-order valence-corrected chi connectivity index (χ2v) is 16.8. The number of hydrogen-bond acceptors (Lipinski definition) is 8. The molecule has 7 rings (SSSR count). The molecule has 0 spiro atoms. The zero-order valence-corrected chi connectivity index (χ0v) is 33.7. The number of carbonyl (C=O) groups excluding carboxylic acids is 3. The van der Waals surface area contributed by atoms with Crippen molar-refractivity contribution in [1.82, 2.24) is 39.7 Å². The fourth-order valence-electron chi connectivity index (χ4n) is 8.51. The molecule has 1 unspecified atom stereocenters. The number of nitrogens with zero attached hydrogens (tertiary/aromatic N) is 6.